The van der Waals surface area contributed by atoms with Crippen LogP contribution >= 0.6 is 57.8 Å². The summed E-state index contributed by atoms with van der Waals surface area (Å²) in [5.74, 6) is 0.608. The van der Waals surface area contributed by atoms with Crippen molar-refractivity contribution >= 4 is 63.7 Å². The molecule has 2 heterocycles. The molecule has 1 aromatic carbocycles. The van der Waals surface area contributed by atoms with Crippen LogP contribution in [0.5, 0.6) is 0 Å². The highest BCUT2D eigenvalue weighted by Gasteiger charge is 2.09. The molecule has 0 fully saturated rings. The van der Waals surface area contributed by atoms with Gasteiger partial charge in [0.2, 0.25) is 5.91 Å². The van der Waals surface area contributed by atoms with Gasteiger partial charge in [0.25, 0.3) is 0 Å². The monoisotopic (exact) mass is 428 g/mol. The Kier molecular flexibility index (Phi) is 6.71. The number of nitrogens with two attached hydrogens (primary N) is 1. The first-order valence-corrected chi connectivity index (χ1v) is 11.2. The maximum Gasteiger partial charge on any atom is 0.227 e. The Hall–Kier alpha value is -1.13. The summed E-state index contributed by atoms with van der Waals surface area (Å²) in [4.78, 5) is 15.4. The summed E-state index contributed by atoms with van der Waals surface area (Å²) in [5.41, 5.74) is 7.35. The summed E-state index contributed by atoms with van der Waals surface area (Å²) in [6, 6.07) is 7.82. The third kappa shape index (κ3) is 5.96. The van der Waals surface area contributed by atoms with Crippen LogP contribution in [0.4, 0.5) is 0 Å². The van der Waals surface area contributed by atoms with E-state index in [1.165, 1.54) is 28.7 Å². The number of carbonyl (C=O) groups is 1. The lowest BCUT2D eigenvalue weighted by molar-refractivity contribution is -0.115. The molecule has 0 spiro atoms. The van der Waals surface area contributed by atoms with Gasteiger partial charge in [-0.15, -0.1) is 21.5 Å². The van der Waals surface area contributed by atoms with Gasteiger partial charge in [-0.3, -0.25) is 4.79 Å². The molecule has 0 radical (unpaired) electrons. The summed E-state index contributed by atoms with van der Waals surface area (Å²) >= 11 is 11.9. The van der Waals surface area contributed by atoms with Gasteiger partial charge < -0.3 is 5.73 Å². The van der Waals surface area contributed by atoms with Crippen LogP contribution in [0.1, 0.15) is 16.3 Å². The van der Waals surface area contributed by atoms with Gasteiger partial charge in [0.15, 0.2) is 8.68 Å². The SMILES string of the molecule is NC(=O)CSc1nnc(SCc2csc(Cc3ccc(Cl)cc3)n2)s1. The summed E-state index contributed by atoms with van der Waals surface area (Å²) in [7, 11) is 0. The van der Waals surface area contributed by atoms with Gasteiger partial charge in [-0.1, -0.05) is 58.6 Å². The molecular weight excluding hydrogens is 416 g/mol. The number of thioether (sulfide) groups is 2. The standard InChI is InChI=1S/C15H13ClN4OS4/c16-10-3-1-9(2-4-10)5-13-18-11(6-22-13)7-23-14-19-20-15(25-14)24-8-12(17)21/h1-4,6H,5,7-8H2,(H2,17,21). The Labute approximate surface area is 166 Å². The number of hydrogen-bond donors (Lipinski definition) is 1. The average Bonchev–Trinajstić information content (AvgIpc) is 3.22. The van der Waals surface area contributed by atoms with E-state index >= 15 is 0 Å². The van der Waals surface area contributed by atoms with Crippen molar-refractivity contribution in [1.82, 2.24) is 15.2 Å². The number of thiazole rings is 1. The molecule has 0 aliphatic carbocycles. The van der Waals surface area contributed by atoms with Crippen molar-refractivity contribution in [3.05, 3.63) is 50.9 Å². The van der Waals surface area contributed by atoms with E-state index < -0.39 is 0 Å². The van der Waals surface area contributed by atoms with Crippen LogP contribution in [0.15, 0.2) is 38.3 Å². The normalized spacial score (nSPS) is 10.9. The topological polar surface area (TPSA) is 81.8 Å². The highest BCUT2D eigenvalue weighted by Crippen LogP contribution is 2.31. The van der Waals surface area contributed by atoms with Crippen LogP contribution in [-0.4, -0.2) is 26.8 Å². The smallest absolute Gasteiger partial charge is 0.227 e. The Bertz CT molecular complexity index is 849. The molecule has 2 aromatic heterocycles. The number of nitrogens with zero attached hydrogens (tertiary/aromatic N) is 3. The molecule has 0 bridgehead atoms. The Morgan fingerprint density at radius 3 is 2.60 bits per heavy atom. The quantitative estimate of drug-likeness (QED) is 0.543. The largest absolute Gasteiger partial charge is 0.369 e. The summed E-state index contributed by atoms with van der Waals surface area (Å²) < 4.78 is 1.61. The van der Waals surface area contributed by atoms with E-state index in [2.05, 4.69) is 20.6 Å². The molecule has 3 rings (SSSR count). The second-order valence-corrected chi connectivity index (χ2v) is 9.71. The van der Waals surface area contributed by atoms with Gasteiger partial charge in [-0.05, 0) is 17.7 Å². The maximum atomic E-state index is 10.8. The molecule has 130 valence electrons. The van der Waals surface area contributed by atoms with E-state index in [0.29, 0.717) is 0 Å². The molecular formula is C15H13ClN4OS4. The number of amides is 1. The average molecular weight is 429 g/mol. The zero-order valence-electron chi connectivity index (χ0n) is 12.8. The van der Waals surface area contributed by atoms with Crippen LogP contribution in [0.25, 0.3) is 0 Å². The summed E-state index contributed by atoms with van der Waals surface area (Å²) in [6.07, 6.45) is 0.805. The summed E-state index contributed by atoms with van der Waals surface area (Å²) in [6.45, 7) is 0. The van der Waals surface area contributed by atoms with Crippen molar-refractivity contribution < 1.29 is 4.79 Å². The Morgan fingerprint density at radius 2 is 1.88 bits per heavy atom. The number of hydrogen-bond acceptors (Lipinski definition) is 8. The van der Waals surface area contributed by atoms with Crippen LogP contribution in [0.2, 0.25) is 5.02 Å². The number of rotatable bonds is 8. The van der Waals surface area contributed by atoms with E-state index in [4.69, 9.17) is 17.3 Å². The highest BCUT2D eigenvalue weighted by atomic mass is 35.5. The minimum atomic E-state index is -0.356. The van der Waals surface area contributed by atoms with Gasteiger partial charge in [0, 0.05) is 22.6 Å². The van der Waals surface area contributed by atoms with Gasteiger partial charge in [0.1, 0.15) is 0 Å². The van der Waals surface area contributed by atoms with Gasteiger partial charge >= 0.3 is 0 Å². The molecule has 0 atom stereocenters. The molecule has 0 aliphatic rings. The third-order valence-electron chi connectivity index (χ3n) is 2.94. The highest BCUT2D eigenvalue weighted by molar-refractivity contribution is 8.03. The molecule has 0 aliphatic heterocycles. The molecule has 1 amide bonds. The summed E-state index contributed by atoms with van der Waals surface area (Å²) in [5, 5.41) is 12.0. The maximum absolute atomic E-state index is 10.8. The second kappa shape index (κ2) is 9.00. The van der Waals surface area contributed by atoms with Crippen molar-refractivity contribution in [2.24, 2.45) is 5.73 Å². The van der Waals surface area contributed by atoms with Crippen molar-refractivity contribution in [2.75, 3.05) is 5.75 Å². The van der Waals surface area contributed by atoms with Gasteiger partial charge in [-0.2, -0.15) is 0 Å². The van der Waals surface area contributed by atoms with Crippen LogP contribution in [0.3, 0.4) is 0 Å². The predicted molar refractivity (Wildman–Crippen MR) is 106 cm³/mol. The number of primary amides is 1. The van der Waals surface area contributed by atoms with Crippen molar-refractivity contribution in [3.63, 3.8) is 0 Å². The first kappa shape index (κ1) is 18.7. The van der Waals surface area contributed by atoms with E-state index in [1.807, 2.05) is 24.3 Å². The number of halogens is 1. The molecule has 0 unspecified atom stereocenters. The number of carbonyl (C=O) groups excluding carboxylic acids is 1. The number of benzene rings is 1. The lowest BCUT2D eigenvalue weighted by Crippen LogP contribution is -2.12. The number of aromatic nitrogens is 3. The second-order valence-electron chi connectivity index (χ2n) is 4.91. The first-order chi connectivity index (χ1) is 12.1. The lowest BCUT2D eigenvalue weighted by Gasteiger charge is -1.98. The molecule has 10 heteroatoms. The first-order valence-electron chi connectivity index (χ1n) is 7.13. The predicted octanol–water partition coefficient (Wildman–Crippen LogP) is 4.11. The molecule has 5 nitrogen and oxygen atoms in total. The fourth-order valence-electron chi connectivity index (χ4n) is 1.86. The minimum Gasteiger partial charge on any atom is -0.369 e. The molecule has 0 saturated heterocycles. The van der Waals surface area contributed by atoms with Crippen molar-refractivity contribution in [1.29, 1.82) is 0 Å². The fourth-order valence-corrected chi connectivity index (χ4v) is 5.57. The van der Waals surface area contributed by atoms with Crippen LogP contribution in [0, 0.1) is 0 Å². The molecule has 25 heavy (non-hydrogen) atoms. The minimum absolute atomic E-state index is 0.222. The fraction of sp³-hybridized carbons (Fsp3) is 0.200. The van der Waals surface area contributed by atoms with Gasteiger partial charge in [-0.25, -0.2) is 4.98 Å². The van der Waals surface area contributed by atoms with Crippen molar-refractivity contribution in [2.45, 2.75) is 20.9 Å². The van der Waals surface area contributed by atoms with Gasteiger partial charge in [0.05, 0.1) is 16.5 Å². The van der Waals surface area contributed by atoms with E-state index in [1.54, 1.807) is 23.1 Å². The molecule has 3 aromatic rings. The molecule has 2 N–H and O–H groups in total. The Balaban J connectivity index is 1.51. The van der Waals surface area contributed by atoms with E-state index in [9.17, 15) is 4.79 Å². The lowest BCUT2D eigenvalue weighted by atomic mass is 10.2. The van der Waals surface area contributed by atoms with Crippen LogP contribution in [-0.2, 0) is 17.0 Å². The van der Waals surface area contributed by atoms with E-state index in [0.717, 1.165) is 36.6 Å². The van der Waals surface area contributed by atoms with Crippen LogP contribution < -0.4 is 5.73 Å². The Morgan fingerprint density at radius 1 is 1.16 bits per heavy atom. The van der Waals surface area contributed by atoms with E-state index in [-0.39, 0.29) is 11.7 Å². The molecule has 0 saturated carbocycles. The third-order valence-corrected chi connectivity index (χ3v) is 7.33. The zero-order valence-corrected chi connectivity index (χ0v) is 16.9. The van der Waals surface area contributed by atoms with Crippen molar-refractivity contribution in [3.8, 4) is 0 Å². The zero-order chi connectivity index (χ0) is 17.6.